The van der Waals surface area contributed by atoms with E-state index in [4.69, 9.17) is 0 Å². The van der Waals surface area contributed by atoms with Gasteiger partial charge in [0.1, 0.15) is 11.6 Å². The monoisotopic (exact) mass is 223 g/mol. The van der Waals surface area contributed by atoms with Gasteiger partial charge in [0.15, 0.2) is 0 Å². The van der Waals surface area contributed by atoms with Crippen molar-refractivity contribution in [2.45, 2.75) is 32.9 Å². The summed E-state index contributed by atoms with van der Waals surface area (Å²) in [7, 11) is 1.94. The van der Waals surface area contributed by atoms with Crippen molar-refractivity contribution in [3.8, 4) is 0 Å². The summed E-state index contributed by atoms with van der Waals surface area (Å²) in [5.41, 5.74) is 0.929. The van der Waals surface area contributed by atoms with Crippen LogP contribution in [0, 0.1) is 5.82 Å². The highest BCUT2D eigenvalue weighted by Gasteiger charge is 2.11. The molecule has 0 aliphatic heterocycles. The minimum absolute atomic E-state index is 0.179. The van der Waals surface area contributed by atoms with Crippen LogP contribution in [0.1, 0.15) is 25.8 Å². The van der Waals surface area contributed by atoms with Crippen molar-refractivity contribution in [1.29, 1.82) is 0 Å². The molecule has 0 bridgehead atoms. The third-order valence-electron chi connectivity index (χ3n) is 2.66. The van der Waals surface area contributed by atoms with E-state index in [1.807, 2.05) is 20.0 Å². The molecule has 0 radical (unpaired) electrons. The van der Waals surface area contributed by atoms with E-state index in [-0.39, 0.29) is 17.6 Å². The van der Waals surface area contributed by atoms with Crippen molar-refractivity contribution in [3.63, 3.8) is 0 Å². The van der Waals surface area contributed by atoms with E-state index in [1.54, 1.807) is 13.0 Å². The smallest absolute Gasteiger partial charge is 0.131 e. The lowest BCUT2D eigenvalue weighted by Gasteiger charge is -2.23. The highest BCUT2D eigenvalue weighted by Crippen LogP contribution is 2.10. The van der Waals surface area contributed by atoms with Gasteiger partial charge in [-0.05, 0) is 38.6 Å². The third kappa shape index (κ3) is 4.11. The summed E-state index contributed by atoms with van der Waals surface area (Å²) < 4.78 is 13.0. The van der Waals surface area contributed by atoms with Crippen molar-refractivity contribution in [3.05, 3.63) is 35.6 Å². The van der Waals surface area contributed by atoms with Gasteiger partial charge in [-0.25, -0.2) is 4.39 Å². The number of carbonyl (C=O) groups is 1. The third-order valence-corrected chi connectivity index (χ3v) is 2.66. The van der Waals surface area contributed by atoms with Gasteiger partial charge < -0.3 is 0 Å². The van der Waals surface area contributed by atoms with Crippen LogP contribution in [0.5, 0.6) is 0 Å². The van der Waals surface area contributed by atoms with Crippen LogP contribution in [0.4, 0.5) is 4.39 Å². The molecule has 3 heteroatoms. The largest absolute Gasteiger partial charge is 0.300 e. The lowest BCUT2D eigenvalue weighted by atomic mass is 10.1. The first-order chi connectivity index (χ1) is 7.49. The molecule has 0 amide bonds. The van der Waals surface area contributed by atoms with E-state index in [1.165, 1.54) is 12.1 Å². The fourth-order valence-electron chi connectivity index (χ4n) is 1.65. The predicted molar refractivity (Wildman–Crippen MR) is 62.6 cm³/mol. The maximum absolute atomic E-state index is 13.0. The Bertz CT molecular complexity index is 365. The van der Waals surface area contributed by atoms with Gasteiger partial charge in [0.25, 0.3) is 0 Å². The Morgan fingerprint density at radius 2 is 2.19 bits per heavy atom. The molecular weight excluding hydrogens is 205 g/mol. The second-order valence-corrected chi connectivity index (χ2v) is 4.30. The number of carbonyl (C=O) groups excluding carboxylic acids is 1. The molecule has 0 heterocycles. The summed E-state index contributed by atoms with van der Waals surface area (Å²) in [5.74, 6) is -0.0382. The second kappa shape index (κ2) is 5.75. The quantitative estimate of drug-likeness (QED) is 0.764. The minimum Gasteiger partial charge on any atom is -0.300 e. The van der Waals surface area contributed by atoms with Gasteiger partial charge >= 0.3 is 0 Å². The summed E-state index contributed by atoms with van der Waals surface area (Å²) in [5, 5.41) is 0. The first-order valence-corrected chi connectivity index (χ1v) is 5.43. The van der Waals surface area contributed by atoms with Crippen LogP contribution in [0.2, 0.25) is 0 Å². The first-order valence-electron chi connectivity index (χ1n) is 5.43. The van der Waals surface area contributed by atoms with Crippen molar-refractivity contribution < 1.29 is 9.18 Å². The number of hydrogen-bond acceptors (Lipinski definition) is 2. The zero-order valence-electron chi connectivity index (χ0n) is 10.0. The molecule has 0 fully saturated rings. The molecule has 1 unspecified atom stereocenters. The van der Waals surface area contributed by atoms with E-state index in [9.17, 15) is 9.18 Å². The van der Waals surface area contributed by atoms with Crippen LogP contribution in [0.15, 0.2) is 24.3 Å². The van der Waals surface area contributed by atoms with Gasteiger partial charge in [-0.2, -0.15) is 0 Å². The number of Topliss-reactive ketones (excluding diaryl/α,β-unsaturated/α-hetero) is 1. The summed E-state index contributed by atoms with van der Waals surface area (Å²) in [4.78, 5) is 13.0. The number of benzene rings is 1. The Hall–Kier alpha value is -1.22. The van der Waals surface area contributed by atoms with E-state index in [2.05, 4.69) is 4.90 Å². The van der Waals surface area contributed by atoms with Crippen molar-refractivity contribution in [2.75, 3.05) is 7.05 Å². The normalized spacial score (nSPS) is 12.8. The highest BCUT2D eigenvalue weighted by atomic mass is 19.1. The average molecular weight is 223 g/mol. The van der Waals surface area contributed by atoms with Gasteiger partial charge in [0, 0.05) is 19.0 Å². The molecule has 1 aromatic rings. The van der Waals surface area contributed by atoms with Crippen LogP contribution >= 0.6 is 0 Å². The fraction of sp³-hybridized carbons (Fsp3) is 0.462. The summed E-state index contributed by atoms with van der Waals surface area (Å²) >= 11 is 0. The molecule has 1 rings (SSSR count). The van der Waals surface area contributed by atoms with Gasteiger partial charge in [-0.15, -0.1) is 0 Å². The summed E-state index contributed by atoms with van der Waals surface area (Å²) in [6.07, 6.45) is 0.534. The number of ketones is 1. The van der Waals surface area contributed by atoms with E-state index < -0.39 is 0 Å². The molecule has 2 nitrogen and oxygen atoms in total. The molecule has 0 N–H and O–H groups in total. The number of halogens is 1. The standard InChI is InChI=1S/C13H18FNO/c1-10(7-11(2)16)15(3)9-12-5-4-6-13(14)8-12/h4-6,8,10H,7,9H2,1-3H3. The van der Waals surface area contributed by atoms with E-state index in [0.29, 0.717) is 13.0 Å². The van der Waals surface area contributed by atoms with Crippen molar-refractivity contribution >= 4 is 5.78 Å². The molecule has 0 saturated heterocycles. The van der Waals surface area contributed by atoms with Gasteiger partial charge in [-0.1, -0.05) is 12.1 Å². The second-order valence-electron chi connectivity index (χ2n) is 4.30. The van der Waals surface area contributed by atoms with Gasteiger partial charge in [0.2, 0.25) is 0 Å². The van der Waals surface area contributed by atoms with Crippen LogP contribution < -0.4 is 0 Å². The fourth-order valence-corrected chi connectivity index (χ4v) is 1.65. The summed E-state index contributed by atoms with van der Waals surface area (Å²) in [6.45, 7) is 4.25. The topological polar surface area (TPSA) is 20.3 Å². The lowest BCUT2D eigenvalue weighted by molar-refractivity contribution is -0.118. The van der Waals surface area contributed by atoms with Gasteiger partial charge in [0.05, 0.1) is 0 Å². The molecule has 0 aliphatic carbocycles. The molecule has 0 aliphatic rings. The number of nitrogens with zero attached hydrogens (tertiary/aromatic N) is 1. The van der Waals surface area contributed by atoms with Crippen LogP contribution in [-0.4, -0.2) is 23.8 Å². The van der Waals surface area contributed by atoms with E-state index in [0.717, 1.165) is 5.56 Å². The average Bonchev–Trinajstić information content (AvgIpc) is 2.16. The Balaban J connectivity index is 2.56. The van der Waals surface area contributed by atoms with Crippen LogP contribution in [0.25, 0.3) is 0 Å². The minimum atomic E-state index is -0.217. The van der Waals surface area contributed by atoms with E-state index >= 15 is 0 Å². The van der Waals surface area contributed by atoms with Crippen molar-refractivity contribution in [1.82, 2.24) is 4.90 Å². The maximum atomic E-state index is 13.0. The van der Waals surface area contributed by atoms with Crippen molar-refractivity contribution in [2.24, 2.45) is 0 Å². The molecule has 1 atom stereocenters. The highest BCUT2D eigenvalue weighted by molar-refractivity contribution is 5.76. The summed E-state index contributed by atoms with van der Waals surface area (Å²) in [6, 6.07) is 6.73. The molecule has 0 aromatic heterocycles. The Kier molecular flexibility index (Phi) is 4.62. The van der Waals surface area contributed by atoms with Gasteiger partial charge in [-0.3, -0.25) is 9.69 Å². The molecule has 0 saturated carbocycles. The zero-order chi connectivity index (χ0) is 12.1. The lowest BCUT2D eigenvalue weighted by Crippen LogP contribution is -2.30. The Labute approximate surface area is 96.1 Å². The number of rotatable bonds is 5. The molecule has 16 heavy (non-hydrogen) atoms. The van der Waals surface area contributed by atoms with Crippen LogP contribution in [0.3, 0.4) is 0 Å². The van der Waals surface area contributed by atoms with Crippen LogP contribution in [-0.2, 0) is 11.3 Å². The Morgan fingerprint density at radius 1 is 1.50 bits per heavy atom. The molecule has 1 aromatic carbocycles. The zero-order valence-corrected chi connectivity index (χ0v) is 10.0. The SMILES string of the molecule is CC(=O)CC(C)N(C)Cc1cccc(F)c1. The predicted octanol–water partition coefficient (Wildman–Crippen LogP) is 2.63. The molecule has 0 spiro atoms. The molecular formula is C13H18FNO. The maximum Gasteiger partial charge on any atom is 0.131 e. The first kappa shape index (κ1) is 12.8. The number of hydrogen-bond donors (Lipinski definition) is 0. The Morgan fingerprint density at radius 3 is 2.75 bits per heavy atom. The molecule has 88 valence electrons.